The third-order valence-electron chi connectivity index (χ3n) is 5.27. The molecule has 31 heavy (non-hydrogen) atoms. The summed E-state index contributed by atoms with van der Waals surface area (Å²) in [6.45, 7) is 4.06. The molecule has 0 fully saturated rings. The maximum absolute atomic E-state index is 13.6. The summed E-state index contributed by atoms with van der Waals surface area (Å²) in [6.07, 6.45) is 0. The molecule has 0 bridgehead atoms. The Bertz CT molecular complexity index is 1020. The third-order valence-corrected chi connectivity index (χ3v) is 5.27. The quantitative estimate of drug-likeness (QED) is 0.605. The second kappa shape index (κ2) is 8.22. The van der Waals surface area contributed by atoms with Crippen molar-refractivity contribution in [2.45, 2.75) is 31.8 Å². The molecule has 1 aliphatic carbocycles. The molecular weight excluding hydrogens is 398 g/mol. The van der Waals surface area contributed by atoms with E-state index in [1.54, 1.807) is 38.1 Å². The van der Waals surface area contributed by atoms with E-state index in [1.165, 1.54) is 14.0 Å². The van der Waals surface area contributed by atoms with Crippen LogP contribution in [-0.2, 0) is 29.5 Å². The monoisotopic (exact) mass is 423 g/mol. The standard InChI is InChI=1S/C23H25N3O5/c1-14(27)25-22(2,3)20(29)26-23(21(30)24-13-19(28)31-4)17-11-7-5-9-15(17)16-10-6-8-12-18(16)23/h5-12H,13H2,1-4H3,(H,24,30)(H,25,27)(H,26,29). The summed E-state index contributed by atoms with van der Waals surface area (Å²) in [5.41, 5.74) is -0.133. The molecule has 0 aliphatic heterocycles. The van der Waals surface area contributed by atoms with Gasteiger partial charge in [0.1, 0.15) is 12.1 Å². The molecule has 0 saturated carbocycles. The van der Waals surface area contributed by atoms with Gasteiger partial charge in [0.25, 0.3) is 5.91 Å². The molecule has 3 N–H and O–H groups in total. The van der Waals surface area contributed by atoms with Crippen molar-refractivity contribution in [2.24, 2.45) is 0 Å². The minimum absolute atomic E-state index is 0.355. The van der Waals surface area contributed by atoms with Crippen LogP contribution in [0.2, 0.25) is 0 Å². The van der Waals surface area contributed by atoms with E-state index >= 15 is 0 Å². The molecule has 0 atom stereocenters. The van der Waals surface area contributed by atoms with Gasteiger partial charge in [-0.2, -0.15) is 0 Å². The first-order chi connectivity index (χ1) is 14.6. The van der Waals surface area contributed by atoms with Crippen LogP contribution >= 0.6 is 0 Å². The van der Waals surface area contributed by atoms with Crippen LogP contribution in [0.1, 0.15) is 31.9 Å². The lowest BCUT2D eigenvalue weighted by molar-refractivity contribution is -0.142. The lowest BCUT2D eigenvalue weighted by Gasteiger charge is -2.35. The molecule has 3 amide bonds. The summed E-state index contributed by atoms with van der Waals surface area (Å²) in [5.74, 6) is -2.13. The SMILES string of the molecule is COC(=O)CNC(=O)C1(NC(=O)C(C)(C)NC(C)=O)c2ccccc2-c2ccccc21. The zero-order valence-electron chi connectivity index (χ0n) is 17.9. The number of amides is 3. The summed E-state index contributed by atoms with van der Waals surface area (Å²) in [6, 6.07) is 14.5. The normalized spacial score (nSPS) is 13.4. The van der Waals surface area contributed by atoms with E-state index in [1.807, 2.05) is 24.3 Å². The Kier molecular flexibility index (Phi) is 5.83. The molecule has 2 aromatic rings. The molecule has 0 saturated heterocycles. The highest BCUT2D eigenvalue weighted by molar-refractivity contribution is 6.05. The number of hydrogen-bond acceptors (Lipinski definition) is 5. The predicted octanol–water partition coefficient (Wildman–Crippen LogP) is 1.23. The average Bonchev–Trinajstić information content (AvgIpc) is 3.02. The van der Waals surface area contributed by atoms with E-state index in [0.29, 0.717) is 11.1 Å². The Morgan fingerprint density at radius 2 is 1.45 bits per heavy atom. The fourth-order valence-corrected chi connectivity index (χ4v) is 3.85. The largest absolute Gasteiger partial charge is 0.468 e. The van der Waals surface area contributed by atoms with Crippen LogP contribution < -0.4 is 16.0 Å². The number of methoxy groups -OCH3 is 1. The van der Waals surface area contributed by atoms with Gasteiger partial charge >= 0.3 is 5.97 Å². The van der Waals surface area contributed by atoms with Crippen LogP contribution in [0.25, 0.3) is 11.1 Å². The summed E-state index contributed by atoms with van der Waals surface area (Å²) in [5, 5.41) is 8.05. The van der Waals surface area contributed by atoms with Crippen molar-refractivity contribution < 1.29 is 23.9 Å². The summed E-state index contributed by atoms with van der Waals surface area (Å²) >= 11 is 0. The lowest BCUT2D eigenvalue weighted by Crippen LogP contribution is -2.63. The van der Waals surface area contributed by atoms with Gasteiger partial charge < -0.3 is 20.7 Å². The average molecular weight is 423 g/mol. The molecule has 2 aromatic carbocycles. The molecule has 0 radical (unpaired) electrons. The van der Waals surface area contributed by atoms with Crippen LogP contribution in [0.4, 0.5) is 0 Å². The van der Waals surface area contributed by atoms with E-state index < -0.39 is 28.9 Å². The predicted molar refractivity (Wildman–Crippen MR) is 114 cm³/mol. The molecule has 3 rings (SSSR count). The van der Waals surface area contributed by atoms with Gasteiger partial charge in [-0.25, -0.2) is 0 Å². The molecule has 0 spiro atoms. The molecule has 162 valence electrons. The van der Waals surface area contributed by atoms with Crippen LogP contribution in [-0.4, -0.2) is 42.9 Å². The Balaban J connectivity index is 2.15. The van der Waals surface area contributed by atoms with E-state index in [2.05, 4.69) is 20.7 Å². The fourth-order valence-electron chi connectivity index (χ4n) is 3.85. The first-order valence-corrected chi connectivity index (χ1v) is 9.79. The van der Waals surface area contributed by atoms with Crippen molar-refractivity contribution in [3.8, 4) is 11.1 Å². The van der Waals surface area contributed by atoms with Crippen LogP contribution in [0.15, 0.2) is 48.5 Å². The molecule has 0 aromatic heterocycles. The number of hydrogen-bond donors (Lipinski definition) is 3. The Labute approximate surface area is 180 Å². The van der Waals surface area contributed by atoms with Crippen molar-refractivity contribution in [1.29, 1.82) is 0 Å². The van der Waals surface area contributed by atoms with Gasteiger partial charge in [0, 0.05) is 6.92 Å². The molecule has 1 aliphatic rings. The van der Waals surface area contributed by atoms with Crippen molar-refractivity contribution in [2.75, 3.05) is 13.7 Å². The first kappa shape index (κ1) is 22.0. The zero-order chi connectivity index (χ0) is 22.8. The minimum Gasteiger partial charge on any atom is -0.468 e. The maximum Gasteiger partial charge on any atom is 0.325 e. The highest BCUT2D eigenvalue weighted by Gasteiger charge is 2.51. The van der Waals surface area contributed by atoms with E-state index in [0.717, 1.165) is 11.1 Å². The summed E-state index contributed by atoms with van der Waals surface area (Å²) in [7, 11) is 1.22. The van der Waals surface area contributed by atoms with Gasteiger partial charge in [0.15, 0.2) is 5.54 Å². The second-order valence-electron chi connectivity index (χ2n) is 7.86. The Morgan fingerprint density at radius 3 is 1.94 bits per heavy atom. The van der Waals surface area contributed by atoms with E-state index in [-0.39, 0.29) is 12.5 Å². The highest BCUT2D eigenvalue weighted by Crippen LogP contribution is 2.47. The van der Waals surface area contributed by atoms with Gasteiger partial charge in [-0.05, 0) is 36.1 Å². The zero-order valence-corrected chi connectivity index (χ0v) is 17.9. The number of nitrogens with one attached hydrogen (secondary N) is 3. The van der Waals surface area contributed by atoms with Crippen molar-refractivity contribution in [1.82, 2.24) is 16.0 Å². The van der Waals surface area contributed by atoms with Crippen LogP contribution in [0.5, 0.6) is 0 Å². The van der Waals surface area contributed by atoms with Gasteiger partial charge in [0.05, 0.1) is 7.11 Å². The smallest absolute Gasteiger partial charge is 0.325 e. The second-order valence-corrected chi connectivity index (χ2v) is 7.86. The van der Waals surface area contributed by atoms with Crippen LogP contribution in [0.3, 0.4) is 0 Å². The third kappa shape index (κ3) is 3.88. The fraction of sp³-hybridized carbons (Fsp3) is 0.304. The topological polar surface area (TPSA) is 114 Å². The van der Waals surface area contributed by atoms with Crippen LogP contribution in [0, 0.1) is 0 Å². The van der Waals surface area contributed by atoms with E-state index in [4.69, 9.17) is 0 Å². The van der Waals surface area contributed by atoms with Crippen molar-refractivity contribution in [3.63, 3.8) is 0 Å². The summed E-state index contributed by atoms with van der Waals surface area (Å²) in [4.78, 5) is 50.1. The maximum atomic E-state index is 13.6. The number of esters is 1. The van der Waals surface area contributed by atoms with Crippen molar-refractivity contribution >= 4 is 23.7 Å². The number of carbonyl (C=O) groups is 4. The first-order valence-electron chi connectivity index (χ1n) is 9.79. The van der Waals surface area contributed by atoms with Gasteiger partial charge in [-0.3, -0.25) is 19.2 Å². The van der Waals surface area contributed by atoms with E-state index in [9.17, 15) is 19.2 Å². The molecule has 0 heterocycles. The number of fused-ring (bicyclic) bond motifs is 3. The molecule has 8 heteroatoms. The lowest BCUT2D eigenvalue weighted by atomic mass is 9.85. The van der Waals surface area contributed by atoms with Gasteiger partial charge in [0.2, 0.25) is 11.8 Å². The molecule has 8 nitrogen and oxygen atoms in total. The molecular formula is C23H25N3O5. The van der Waals surface area contributed by atoms with Gasteiger partial charge in [-0.15, -0.1) is 0 Å². The molecule has 0 unspecified atom stereocenters. The Morgan fingerprint density at radius 1 is 0.935 bits per heavy atom. The number of benzene rings is 2. The number of ether oxygens (including phenoxy) is 1. The number of rotatable bonds is 6. The number of carbonyl (C=O) groups excluding carboxylic acids is 4. The Hall–Kier alpha value is -3.68. The van der Waals surface area contributed by atoms with Gasteiger partial charge in [-0.1, -0.05) is 48.5 Å². The summed E-state index contributed by atoms with van der Waals surface area (Å²) < 4.78 is 4.63. The van der Waals surface area contributed by atoms with Crippen molar-refractivity contribution in [3.05, 3.63) is 59.7 Å². The highest BCUT2D eigenvalue weighted by atomic mass is 16.5. The minimum atomic E-state index is -1.59.